The number of nitrogen functional groups attached to an aromatic ring is 1. The molecule has 1 aliphatic rings. The molecule has 1 aromatic heterocycles. The van der Waals surface area contributed by atoms with Crippen molar-refractivity contribution >= 4 is 11.5 Å². The molecule has 0 amide bonds. The zero-order chi connectivity index (χ0) is 14.8. The minimum Gasteiger partial charge on any atom is -0.470 e. The number of hydrogen-bond acceptors (Lipinski definition) is 4. The highest BCUT2D eigenvalue weighted by atomic mass is 16.5. The average molecular weight is 277 g/mol. The number of anilines is 2. The molecule has 0 aliphatic heterocycles. The van der Waals surface area contributed by atoms with Crippen molar-refractivity contribution in [3.63, 3.8) is 0 Å². The lowest BCUT2D eigenvalue weighted by Crippen LogP contribution is -2.27. The molecular weight excluding hydrogens is 250 g/mol. The highest BCUT2D eigenvalue weighted by Crippen LogP contribution is 2.29. The first kappa shape index (κ1) is 14.9. The van der Waals surface area contributed by atoms with E-state index in [1.807, 2.05) is 32.9 Å². The van der Waals surface area contributed by atoms with Gasteiger partial charge in [-0.2, -0.15) is 4.98 Å². The van der Waals surface area contributed by atoms with Gasteiger partial charge in [0.05, 0.1) is 5.69 Å². The van der Waals surface area contributed by atoms with Crippen LogP contribution in [0.1, 0.15) is 46.5 Å². The molecule has 0 radical (unpaired) electrons. The molecule has 1 aliphatic carbocycles. The van der Waals surface area contributed by atoms with Crippen LogP contribution in [-0.4, -0.2) is 24.2 Å². The van der Waals surface area contributed by atoms with E-state index in [0.29, 0.717) is 11.6 Å². The predicted octanol–water partition coefficient (Wildman–Crippen LogP) is 3.47. The number of nitrogens with zero attached hydrogens (tertiary/aromatic N) is 2. The lowest BCUT2D eigenvalue weighted by molar-refractivity contribution is 0.125. The first-order valence-electron chi connectivity index (χ1n) is 7.52. The molecule has 0 spiro atoms. The number of pyridine rings is 1. The highest BCUT2D eigenvalue weighted by Gasteiger charge is 2.19. The summed E-state index contributed by atoms with van der Waals surface area (Å²) in [5, 5.41) is 0. The standard InChI is InChI=1S/C16H27N3O/c1-16(2,3)20-15-13(17)9-10-14(18-15)19(4)11-12-7-5-6-8-12/h9-10,12H,5-8,11,17H2,1-4H3. The Morgan fingerprint density at radius 1 is 1.30 bits per heavy atom. The fourth-order valence-electron chi connectivity index (χ4n) is 2.70. The van der Waals surface area contributed by atoms with E-state index in [2.05, 4.69) is 16.9 Å². The number of rotatable bonds is 4. The van der Waals surface area contributed by atoms with Gasteiger partial charge in [0.1, 0.15) is 11.4 Å². The number of aromatic nitrogens is 1. The monoisotopic (exact) mass is 277 g/mol. The normalized spacial score (nSPS) is 16.4. The van der Waals surface area contributed by atoms with Crippen molar-refractivity contribution in [1.82, 2.24) is 4.98 Å². The number of nitrogens with two attached hydrogens (primary N) is 1. The summed E-state index contributed by atoms with van der Waals surface area (Å²) in [6.07, 6.45) is 5.41. The van der Waals surface area contributed by atoms with E-state index in [1.54, 1.807) is 0 Å². The fraction of sp³-hybridized carbons (Fsp3) is 0.688. The summed E-state index contributed by atoms with van der Waals surface area (Å²) in [6, 6.07) is 3.86. The molecule has 1 saturated carbocycles. The molecule has 4 heteroatoms. The summed E-state index contributed by atoms with van der Waals surface area (Å²) in [5.41, 5.74) is 6.26. The van der Waals surface area contributed by atoms with Crippen LogP contribution in [0, 0.1) is 5.92 Å². The smallest absolute Gasteiger partial charge is 0.239 e. The lowest BCUT2D eigenvalue weighted by atomic mass is 10.1. The van der Waals surface area contributed by atoms with Crippen LogP contribution in [-0.2, 0) is 0 Å². The van der Waals surface area contributed by atoms with Crippen LogP contribution in [0.15, 0.2) is 12.1 Å². The Balaban J connectivity index is 2.09. The van der Waals surface area contributed by atoms with Crippen LogP contribution in [0.2, 0.25) is 0 Å². The summed E-state index contributed by atoms with van der Waals surface area (Å²) in [5.74, 6) is 2.27. The summed E-state index contributed by atoms with van der Waals surface area (Å²) in [4.78, 5) is 6.79. The van der Waals surface area contributed by atoms with Crippen LogP contribution in [0.4, 0.5) is 11.5 Å². The maximum atomic E-state index is 5.95. The van der Waals surface area contributed by atoms with Gasteiger partial charge in [0.25, 0.3) is 0 Å². The molecule has 0 atom stereocenters. The maximum Gasteiger partial charge on any atom is 0.239 e. The Hall–Kier alpha value is -1.45. The van der Waals surface area contributed by atoms with E-state index in [1.165, 1.54) is 25.7 Å². The van der Waals surface area contributed by atoms with Gasteiger partial charge >= 0.3 is 0 Å². The van der Waals surface area contributed by atoms with Crippen molar-refractivity contribution in [2.75, 3.05) is 24.2 Å². The van der Waals surface area contributed by atoms with Crippen LogP contribution < -0.4 is 15.4 Å². The zero-order valence-corrected chi connectivity index (χ0v) is 13.1. The van der Waals surface area contributed by atoms with Gasteiger partial charge in [-0.15, -0.1) is 0 Å². The van der Waals surface area contributed by atoms with Crippen molar-refractivity contribution in [3.05, 3.63) is 12.1 Å². The Morgan fingerprint density at radius 2 is 1.95 bits per heavy atom. The van der Waals surface area contributed by atoms with Gasteiger partial charge in [0.2, 0.25) is 5.88 Å². The molecule has 1 heterocycles. The van der Waals surface area contributed by atoms with Gasteiger partial charge in [-0.1, -0.05) is 12.8 Å². The molecule has 2 N–H and O–H groups in total. The molecule has 20 heavy (non-hydrogen) atoms. The van der Waals surface area contributed by atoms with Gasteiger partial charge in [0, 0.05) is 13.6 Å². The van der Waals surface area contributed by atoms with E-state index in [4.69, 9.17) is 10.5 Å². The molecule has 4 nitrogen and oxygen atoms in total. The van der Waals surface area contributed by atoms with Crippen molar-refractivity contribution in [2.45, 2.75) is 52.1 Å². The van der Waals surface area contributed by atoms with Crippen LogP contribution in [0.3, 0.4) is 0 Å². The topological polar surface area (TPSA) is 51.4 Å². The van der Waals surface area contributed by atoms with Gasteiger partial charge < -0.3 is 15.4 Å². The summed E-state index contributed by atoms with van der Waals surface area (Å²) in [6.45, 7) is 7.07. The lowest BCUT2D eigenvalue weighted by Gasteiger charge is -2.25. The second-order valence-electron chi connectivity index (χ2n) is 6.81. The maximum absolute atomic E-state index is 5.95. The van der Waals surface area contributed by atoms with E-state index in [0.717, 1.165) is 18.3 Å². The zero-order valence-electron chi connectivity index (χ0n) is 13.1. The van der Waals surface area contributed by atoms with E-state index >= 15 is 0 Å². The van der Waals surface area contributed by atoms with Crippen molar-refractivity contribution < 1.29 is 4.74 Å². The van der Waals surface area contributed by atoms with Crippen LogP contribution in [0.5, 0.6) is 5.88 Å². The molecule has 1 aromatic rings. The molecule has 0 saturated heterocycles. The Morgan fingerprint density at radius 3 is 2.55 bits per heavy atom. The molecule has 0 bridgehead atoms. The van der Waals surface area contributed by atoms with E-state index in [9.17, 15) is 0 Å². The average Bonchev–Trinajstić information content (AvgIpc) is 2.83. The first-order chi connectivity index (χ1) is 9.35. The Labute approximate surface area is 122 Å². The van der Waals surface area contributed by atoms with Gasteiger partial charge in [-0.05, 0) is 51.7 Å². The number of hydrogen-bond donors (Lipinski definition) is 1. The Bertz CT molecular complexity index is 448. The van der Waals surface area contributed by atoms with E-state index in [-0.39, 0.29) is 5.60 Å². The summed E-state index contributed by atoms with van der Waals surface area (Å²) >= 11 is 0. The number of ether oxygens (including phenoxy) is 1. The highest BCUT2D eigenvalue weighted by molar-refractivity contribution is 5.54. The minimum absolute atomic E-state index is 0.288. The molecule has 0 aromatic carbocycles. The summed E-state index contributed by atoms with van der Waals surface area (Å²) in [7, 11) is 2.09. The van der Waals surface area contributed by atoms with Gasteiger partial charge in [-0.3, -0.25) is 0 Å². The largest absolute Gasteiger partial charge is 0.470 e. The third-order valence-electron chi connectivity index (χ3n) is 3.68. The van der Waals surface area contributed by atoms with Gasteiger partial charge in [-0.25, -0.2) is 0 Å². The van der Waals surface area contributed by atoms with E-state index < -0.39 is 0 Å². The second-order valence-corrected chi connectivity index (χ2v) is 6.81. The third kappa shape index (κ3) is 4.02. The predicted molar refractivity (Wildman–Crippen MR) is 84.3 cm³/mol. The summed E-state index contributed by atoms with van der Waals surface area (Å²) < 4.78 is 5.83. The van der Waals surface area contributed by atoms with Crippen molar-refractivity contribution in [3.8, 4) is 5.88 Å². The SMILES string of the molecule is CN(CC1CCCC1)c1ccc(N)c(OC(C)(C)C)n1. The third-order valence-corrected chi connectivity index (χ3v) is 3.68. The molecule has 1 fully saturated rings. The molecule has 112 valence electrons. The quantitative estimate of drug-likeness (QED) is 0.915. The Kier molecular flexibility index (Phi) is 4.41. The minimum atomic E-state index is -0.288. The van der Waals surface area contributed by atoms with Crippen LogP contribution >= 0.6 is 0 Å². The van der Waals surface area contributed by atoms with Crippen molar-refractivity contribution in [2.24, 2.45) is 5.92 Å². The second kappa shape index (κ2) is 5.90. The van der Waals surface area contributed by atoms with Crippen molar-refractivity contribution in [1.29, 1.82) is 0 Å². The first-order valence-corrected chi connectivity index (χ1v) is 7.52. The molecular formula is C16H27N3O. The van der Waals surface area contributed by atoms with Crippen LogP contribution in [0.25, 0.3) is 0 Å². The fourth-order valence-corrected chi connectivity index (χ4v) is 2.70. The van der Waals surface area contributed by atoms with Gasteiger partial charge in [0.15, 0.2) is 0 Å². The molecule has 2 rings (SSSR count). The molecule has 0 unspecified atom stereocenters.